The molecule has 1 aromatic carbocycles. The molecule has 0 amide bonds. The number of nitrogens with two attached hydrogens (primary N) is 1. The number of aromatic hydroxyl groups is 2. The third-order valence-electron chi connectivity index (χ3n) is 2.80. The number of halogens is 2. The Morgan fingerprint density at radius 2 is 2.11 bits per heavy atom. The summed E-state index contributed by atoms with van der Waals surface area (Å²) in [6, 6.07) is 2.39. The van der Waals surface area contributed by atoms with Crippen molar-refractivity contribution in [2.24, 2.45) is 16.8 Å². The van der Waals surface area contributed by atoms with E-state index in [-0.39, 0.29) is 29.8 Å². The fraction of sp³-hybridized carbons (Fsp3) is 0.273. The van der Waals surface area contributed by atoms with Gasteiger partial charge >= 0.3 is 0 Å². The predicted octanol–water partition coefficient (Wildman–Crippen LogP) is 1.21. The van der Waals surface area contributed by atoms with Crippen LogP contribution in [-0.4, -0.2) is 33.4 Å². The molecule has 1 aliphatic heterocycles. The first kappa shape index (κ1) is 15.0. The summed E-state index contributed by atoms with van der Waals surface area (Å²) in [6.45, 7) is 2.24. The summed E-state index contributed by atoms with van der Waals surface area (Å²) in [7, 11) is 0. The topological polar surface area (TPSA) is 106 Å². The van der Waals surface area contributed by atoms with Gasteiger partial charge in [-0.15, -0.1) is 12.4 Å². The summed E-state index contributed by atoms with van der Waals surface area (Å²) in [6.07, 6.45) is 0. The van der Waals surface area contributed by atoms with Crippen LogP contribution in [0.3, 0.4) is 0 Å². The number of benzene rings is 1. The van der Waals surface area contributed by atoms with Gasteiger partial charge in [-0.25, -0.2) is 9.40 Å². The van der Waals surface area contributed by atoms with Crippen LogP contribution in [0.5, 0.6) is 11.5 Å². The lowest BCUT2D eigenvalue weighted by Gasteiger charge is -2.10. The van der Waals surface area contributed by atoms with Gasteiger partial charge in [0.15, 0.2) is 17.3 Å². The highest BCUT2D eigenvalue weighted by molar-refractivity contribution is 6.06. The Labute approximate surface area is 115 Å². The third kappa shape index (κ3) is 2.55. The van der Waals surface area contributed by atoms with Crippen LogP contribution in [0.1, 0.15) is 12.5 Å². The largest absolute Gasteiger partial charge is 0.504 e. The Morgan fingerprint density at radius 1 is 1.47 bits per heavy atom. The molecule has 1 heterocycles. The van der Waals surface area contributed by atoms with E-state index in [9.17, 15) is 14.6 Å². The van der Waals surface area contributed by atoms with Crippen LogP contribution in [0.15, 0.2) is 17.2 Å². The molecule has 0 fully saturated rings. The number of phenolic OH excluding ortho intramolecular Hbond substituents is 2. The molecular formula is C11H14ClFN4O2. The number of hydrogen-bond acceptors (Lipinski definition) is 4. The molecule has 2 rings (SSSR count). The lowest BCUT2D eigenvalue weighted by Crippen LogP contribution is -2.31. The molecule has 1 atom stereocenters. The molecule has 5 N–H and O–H groups in total. The van der Waals surface area contributed by atoms with Crippen LogP contribution in [-0.2, 0) is 0 Å². The van der Waals surface area contributed by atoms with E-state index < -0.39 is 17.3 Å². The van der Waals surface area contributed by atoms with Gasteiger partial charge < -0.3 is 15.9 Å². The van der Waals surface area contributed by atoms with Gasteiger partial charge in [0, 0.05) is 11.5 Å². The van der Waals surface area contributed by atoms with Crippen LogP contribution < -0.4 is 5.73 Å². The minimum absolute atomic E-state index is 0. The number of hydrogen-bond donors (Lipinski definition) is 4. The molecule has 0 spiro atoms. The van der Waals surface area contributed by atoms with Crippen molar-refractivity contribution in [1.82, 2.24) is 5.01 Å². The number of nitrogens with zero attached hydrogens (tertiary/aromatic N) is 2. The van der Waals surface area contributed by atoms with Crippen LogP contribution in [0.25, 0.3) is 0 Å². The number of hydrazone groups is 1. The Kier molecular flexibility index (Phi) is 4.21. The van der Waals surface area contributed by atoms with E-state index in [4.69, 9.17) is 11.1 Å². The standard InChI is InChI=1S/C11H13FN4O2.ClH/c1-5-4-16(11(13)14)15-8(5)6-2-3-7(12)10(18)9(6)17;/h2-3,5,17-18H,4H2,1H3,(H3,13,14);1H. The monoisotopic (exact) mass is 288 g/mol. The van der Waals surface area contributed by atoms with Gasteiger partial charge in [0.1, 0.15) is 0 Å². The Bertz CT molecular complexity index is 550. The maximum Gasteiger partial charge on any atom is 0.209 e. The molecule has 6 nitrogen and oxygen atoms in total. The van der Waals surface area contributed by atoms with Crippen molar-refractivity contribution >= 4 is 24.1 Å². The Morgan fingerprint density at radius 3 is 2.63 bits per heavy atom. The number of rotatable bonds is 1. The van der Waals surface area contributed by atoms with Crippen molar-refractivity contribution in [1.29, 1.82) is 5.41 Å². The SMILES string of the molecule is CC1CN(C(=N)N)N=C1c1ccc(F)c(O)c1O.Cl. The van der Waals surface area contributed by atoms with Crippen LogP contribution in [0.4, 0.5) is 4.39 Å². The Hall–Kier alpha value is -2.02. The first-order chi connectivity index (χ1) is 8.41. The van der Waals surface area contributed by atoms with Crippen molar-refractivity contribution in [3.05, 3.63) is 23.5 Å². The predicted molar refractivity (Wildman–Crippen MR) is 71.3 cm³/mol. The van der Waals surface area contributed by atoms with Crippen molar-refractivity contribution in [2.45, 2.75) is 6.92 Å². The normalized spacial score (nSPS) is 17.9. The molecule has 8 heteroatoms. The maximum atomic E-state index is 13.0. The van der Waals surface area contributed by atoms with E-state index in [0.29, 0.717) is 12.3 Å². The molecule has 19 heavy (non-hydrogen) atoms. The quantitative estimate of drug-likeness (QED) is 0.354. The zero-order chi connectivity index (χ0) is 13.4. The summed E-state index contributed by atoms with van der Waals surface area (Å²) in [4.78, 5) is 0. The smallest absolute Gasteiger partial charge is 0.209 e. The summed E-state index contributed by atoms with van der Waals surface area (Å²) in [5.41, 5.74) is 6.02. The average Bonchev–Trinajstić information content (AvgIpc) is 2.69. The van der Waals surface area contributed by atoms with Crippen molar-refractivity contribution in [3.63, 3.8) is 0 Å². The minimum Gasteiger partial charge on any atom is -0.504 e. The lowest BCUT2D eigenvalue weighted by atomic mass is 9.98. The van der Waals surface area contributed by atoms with E-state index >= 15 is 0 Å². The summed E-state index contributed by atoms with van der Waals surface area (Å²) in [5.74, 6) is -2.55. The molecule has 0 aliphatic carbocycles. The number of phenols is 2. The lowest BCUT2D eigenvalue weighted by molar-refractivity contribution is 0.378. The molecule has 0 saturated heterocycles. The van der Waals surface area contributed by atoms with Gasteiger partial charge in [0.05, 0.1) is 12.3 Å². The van der Waals surface area contributed by atoms with Crippen LogP contribution in [0, 0.1) is 17.1 Å². The minimum atomic E-state index is -0.897. The second kappa shape index (κ2) is 5.31. The molecule has 0 radical (unpaired) electrons. The molecule has 104 valence electrons. The van der Waals surface area contributed by atoms with Crippen molar-refractivity contribution < 1.29 is 14.6 Å². The summed E-state index contributed by atoms with van der Waals surface area (Å²) in [5, 5.41) is 31.7. The third-order valence-corrected chi connectivity index (χ3v) is 2.80. The highest BCUT2D eigenvalue weighted by Gasteiger charge is 2.28. The Balaban J connectivity index is 0.00000180. The van der Waals surface area contributed by atoms with Gasteiger partial charge in [0.25, 0.3) is 0 Å². The van der Waals surface area contributed by atoms with Crippen LogP contribution >= 0.6 is 12.4 Å². The van der Waals surface area contributed by atoms with E-state index in [1.165, 1.54) is 11.1 Å². The highest BCUT2D eigenvalue weighted by Crippen LogP contribution is 2.34. The second-order valence-electron chi connectivity index (χ2n) is 4.15. The summed E-state index contributed by atoms with van der Waals surface area (Å²) >= 11 is 0. The molecule has 1 aromatic rings. The zero-order valence-electron chi connectivity index (χ0n) is 10.1. The number of guanidine groups is 1. The zero-order valence-corrected chi connectivity index (χ0v) is 10.9. The van der Waals surface area contributed by atoms with E-state index in [0.717, 1.165) is 6.07 Å². The molecule has 1 aliphatic rings. The van der Waals surface area contributed by atoms with E-state index in [1.54, 1.807) is 0 Å². The van der Waals surface area contributed by atoms with E-state index in [1.807, 2.05) is 6.92 Å². The number of nitrogens with one attached hydrogen (secondary N) is 1. The fourth-order valence-corrected chi connectivity index (χ4v) is 1.85. The van der Waals surface area contributed by atoms with Gasteiger partial charge in [0.2, 0.25) is 5.96 Å². The molecule has 0 bridgehead atoms. The maximum absolute atomic E-state index is 13.0. The van der Waals surface area contributed by atoms with Crippen LogP contribution in [0.2, 0.25) is 0 Å². The van der Waals surface area contributed by atoms with E-state index in [2.05, 4.69) is 5.10 Å². The van der Waals surface area contributed by atoms with Gasteiger partial charge in [-0.2, -0.15) is 5.10 Å². The average molecular weight is 289 g/mol. The highest BCUT2D eigenvalue weighted by atomic mass is 35.5. The van der Waals surface area contributed by atoms with Gasteiger partial charge in [-0.3, -0.25) is 5.41 Å². The molecule has 0 aromatic heterocycles. The second-order valence-corrected chi connectivity index (χ2v) is 4.15. The molecular weight excluding hydrogens is 275 g/mol. The molecule has 1 unspecified atom stereocenters. The fourth-order valence-electron chi connectivity index (χ4n) is 1.85. The van der Waals surface area contributed by atoms with Gasteiger partial charge in [-0.1, -0.05) is 6.92 Å². The first-order valence-electron chi connectivity index (χ1n) is 5.32. The first-order valence-corrected chi connectivity index (χ1v) is 5.32. The molecule has 0 saturated carbocycles. The van der Waals surface area contributed by atoms with Crippen molar-refractivity contribution in [3.8, 4) is 11.5 Å². The van der Waals surface area contributed by atoms with Gasteiger partial charge in [-0.05, 0) is 12.1 Å². The van der Waals surface area contributed by atoms with Crippen molar-refractivity contribution in [2.75, 3.05) is 6.54 Å². The summed E-state index contributed by atoms with van der Waals surface area (Å²) < 4.78 is 13.0.